The fraction of sp³-hybridized carbons (Fsp3) is 0.200. The van der Waals surface area contributed by atoms with Crippen molar-refractivity contribution >= 4 is 6.08 Å². The molecule has 1 heteroatoms. The van der Waals surface area contributed by atoms with Crippen LogP contribution in [0.25, 0.3) is 6.08 Å². The van der Waals surface area contributed by atoms with Crippen LogP contribution >= 0.6 is 0 Å². The molecule has 11 heavy (non-hydrogen) atoms. The Bertz CT molecular complexity index is 264. The number of rotatable bonds is 2. The molecule has 0 aliphatic carbocycles. The summed E-state index contributed by atoms with van der Waals surface area (Å²) in [6, 6.07) is 6.21. The van der Waals surface area contributed by atoms with Gasteiger partial charge in [-0.25, -0.2) is 0 Å². The first-order chi connectivity index (χ1) is 5.27. The lowest BCUT2D eigenvalue weighted by Gasteiger charge is -2.03. The first-order valence-corrected chi connectivity index (χ1v) is 3.70. The number of benzene rings is 1. The summed E-state index contributed by atoms with van der Waals surface area (Å²) in [5.74, 6) is 0. The van der Waals surface area contributed by atoms with Gasteiger partial charge in [0.25, 0.3) is 0 Å². The van der Waals surface area contributed by atoms with Crippen molar-refractivity contribution in [1.29, 1.82) is 0 Å². The molecule has 0 atom stereocenters. The average molecular weight is 147 g/mol. The van der Waals surface area contributed by atoms with E-state index in [4.69, 9.17) is 5.73 Å². The van der Waals surface area contributed by atoms with E-state index in [1.165, 1.54) is 5.56 Å². The summed E-state index contributed by atoms with van der Waals surface area (Å²) in [4.78, 5) is 0. The topological polar surface area (TPSA) is 26.0 Å². The van der Waals surface area contributed by atoms with Crippen LogP contribution in [0, 0.1) is 6.92 Å². The first kappa shape index (κ1) is 8.02. The molecule has 0 heterocycles. The van der Waals surface area contributed by atoms with E-state index in [1.807, 2.05) is 12.1 Å². The Balaban J connectivity index is 3.16. The number of nitrogens with two attached hydrogens (primary N) is 1. The van der Waals surface area contributed by atoms with Gasteiger partial charge in [-0.2, -0.15) is 0 Å². The zero-order chi connectivity index (χ0) is 8.27. The highest BCUT2D eigenvalue weighted by Gasteiger charge is 1.95. The molecule has 2 N–H and O–H groups in total. The van der Waals surface area contributed by atoms with Crippen LogP contribution in [0.15, 0.2) is 24.8 Å². The molecule has 1 rings (SSSR count). The maximum absolute atomic E-state index is 5.53. The van der Waals surface area contributed by atoms with Crippen LogP contribution in [0.4, 0.5) is 0 Å². The Hall–Kier alpha value is -1.08. The van der Waals surface area contributed by atoms with Gasteiger partial charge in [0.15, 0.2) is 0 Å². The van der Waals surface area contributed by atoms with Gasteiger partial charge in [-0.3, -0.25) is 0 Å². The Kier molecular flexibility index (Phi) is 2.44. The second kappa shape index (κ2) is 3.35. The average Bonchev–Trinajstić information content (AvgIpc) is 2.04. The molecule has 0 spiro atoms. The minimum atomic E-state index is 0.585. The number of hydrogen-bond donors (Lipinski definition) is 1. The van der Waals surface area contributed by atoms with Gasteiger partial charge in [-0.05, 0) is 18.1 Å². The predicted octanol–water partition coefficient (Wildman–Crippen LogP) is 2.10. The summed E-state index contributed by atoms with van der Waals surface area (Å²) in [5, 5.41) is 0. The fourth-order valence-electron chi connectivity index (χ4n) is 1.09. The van der Waals surface area contributed by atoms with Gasteiger partial charge in [0, 0.05) is 6.54 Å². The second-order valence-electron chi connectivity index (χ2n) is 2.61. The van der Waals surface area contributed by atoms with Crippen molar-refractivity contribution < 1.29 is 0 Å². The molecular weight excluding hydrogens is 134 g/mol. The van der Waals surface area contributed by atoms with Crippen LogP contribution < -0.4 is 5.73 Å². The molecule has 0 radical (unpaired) electrons. The summed E-state index contributed by atoms with van der Waals surface area (Å²) in [5.41, 5.74) is 9.08. The van der Waals surface area contributed by atoms with Gasteiger partial charge in [0.05, 0.1) is 0 Å². The van der Waals surface area contributed by atoms with Gasteiger partial charge in [-0.15, -0.1) is 0 Å². The highest BCUT2D eigenvalue weighted by molar-refractivity contribution is 5.53. The van der Waals surface area contributed by atoms with Gasteiger partial charge in [0.1, 0.15) is 0 Å². The van der Waals surface area contributed by atoms with E-state index < -0.39 is 0 Å². The lowest BCUT2D eigenvalue weighted by atomic mass is 10.0. The first-order valence-electron chi connectivity index (χ1n) is 3.70. The highest BCUT2D eigenvalue weighted by Crippen LogP contribution is 2.11. The standard InChI is InChI=1S/C10H13N/c1-3-9-6-8(2)4-5-10(9)7-11/h3-6H,1,7,11H2,2H3. The third-order valence-corrected chi connectivity index (χ3v) is 1.74. The van der Waals surface area contributed by atoms with Crippen LogP contribution in [0.5, 0.6) is 0 Å². The third-order valence-electron chi connectivity index (χ3n) is 1.74. The predicted molar refractivity (Wildman–Crippen MR) is 49.2 cm³/mol. The molecule has 0 bridgehead atoms. The van der Waals surface area contributed by atoms with E-state index >= 15 is 0 Å². The van der Waals surface area contributed by atoms with E-state index in [9.17, 15) is 0 Å². The number of aryl methyl sites for hydroxylation is 1. The van der Waals surface area contributed by atoms with Crippen LogP contribution in [0.3, 0.4) is 0 Å². The van der Waals surface area contributed by atoms with Crippen LogP contribution in [0.1, 0.15) is 16.7 Å². The molecule has 0 aromatic heterocycles. The van der Waals surface area contributed by atoms with Crippen molar-refractivity contribution in [1.82, 2.24) is 0 Å². The Morgan fingerprint density at radius 2 is 2.27 bits per heavy atom. The van der Waals surface area contributed by atoms with Crippen molar-refractivity contribution in [3.63, 3.8) is 0 Å². The van der Waals surface area contributed by atoms with Gasteiger partial charge < -0.3 is 5.73 Å². The molecule has 1 nitrogen and oxygen atoms in total. The molecule has 0 unspecified atom stereocenters. The van der Waals surface area contributed by atoms with Crippen LogP contribution in [0.2, 0.25) is 0 Å². The molecule has 0 aliphatic rings. The summed E-state index contributed by atoms with van der Waals surface area (Å²) in [7, 11) is 0. The molecule has 1 aromatic carbocycles. The lowest BCUT2D eigenvalue weighted by molar-refractivity contribution is 1.06. The molecule has 0 saturated heterocycles. The van der Waals surface area contributed by atoms with Crippen molar-refractivity contribution in [2.45, 2.75) is 13.5 Å². The maximum Gasteiger partial charge on any atom is 0.0184 e. The second-order valence-corrected chi connectivity index (χ2v) is 2.61. The van der Waals surface area contributed by atoms with Crippen molar-refractivity contribution in [2.75, 3.05) is 0 Å². The molecular formula is C10H13N. The Labute approximate surface area is 67.5 Å². The Morgan fingerprint density at radius 1 is 1.55 bits per heavy atom. The van der Waals surface area contributed by atoms with Crippen LogP contribution in [-0.4, -0.2) is 0 Å². The fourth-order valence-corrected chi connectivity index (χ4v) is 1.09. The summed E-state index contributed by atoms with van der Waals surface area (Å²) >= 11 is 0. The van der Waals surface area contributed by atoms with E-state index in [1.54, 1.807) is 0 Å². The van der Waals surface area contributed by atoms with Gasteiger partial charge in [0.2, 0.25) is 0 Å². The smallest absolute Gasteiger partial charge is 0.0184 e. The zero-order valence-electron chi connectivity index (χ0n) is 6.80. The van der Waals surface area contributed by atoms with Gasteiger partial charge >= 0.3 is 0 Å². The monoisotopic (exact) mass is 147 g/mol. The lowest BCUT2D eigenvalue weighted by Crippen LogP contribution is -1.98. The highest BCUT2D eigenvalue weighted by atomic mass is 14.5. The van der Waals surface area contributed by atoms with Crippen molar-refractivity contribution in [3.05, 3.63) is 41.5 Å². The third kappa shape index (κ3) is 1.69. The maximum atomic E-state index is 5.53. The van der Waals surface area contributed by atoms with E-state index in [0.717, 1.165) is 11.1 Å². The van der Waals surface area contributed by atoms with E-state index in [-0.39, 0.29) is 0 Å². The quantitative estimate of drug-likeness (QED) is 0.681. The molecule has 1 aromatic rings. The largest absolute Gasteiger partial charge is 0.326 e. The van der Waals surface area contributed by atoms with Crippen LogP contribution in [-0.2, 0) is 6.54 Å². The van der Waals surface area contributed by atoms with E-state index in [2.05, 4.69) is 25.6 Å². The summed E-state index contributed by atoms with van der Waals surface area (Å²) < 4.78 is 0. The minimum absolute atomic E-state index is 0.585. The molecule has 0 fully saturated rings. The zero-order valence-corrected chi connectivity index (χ0v) is 6.80. The van der Waals surface area contributed by atoms with Crippen molar-refractivity contribution in [2.24, 2.45) is 5.73 Å². The summed E-state index contributed by atoms with van der Waals surface area (Å²) in [6.45, 7) is 6.37. The molecule has 0 amide bonds. The normalized spacial score (nSPS) is 9.64. The number of hydrogen-bond acceptors (Lipinski definition) is 1. The Morgan fingerprint density at radius 3 is 2.82 bits per heavy atom. The molecule has 0 saturated carbocycles. The molecule has 0 aliphatic heterocycles. The molecule has 58 valence electrons. The van der Waals surface area contributed by atoms with Gasteiger partial charge in [-0.1, -0.05) is 36.4 Å². The summed E-state index contributed by atoms with van der Waals surface area (Å²) in [6.07, 6.45) is 1.84. The SMILES string of the molecule is C=Cc1cc(C)ccc1CN. The van der Waals surface area contributed by atoms with Crippen molar-refractivity contribution in [3.8, 4) is 0 Å². The minimum Gasteiger partial charge on any atom is -0.326 e. The van der Waals surface area contributed by atoms with E-state index in [0.29, 0.717) is 6.54 Å².